The van der Waals surface area contributed by atoms with Gasteiger partial charge < -0.3 is 24.7 Å². The SMILES string of the molecule is O=C(Oc1ccc(Cl)cc1)N1CCc2c([nH]c3ccc(Cl)cc23)[C@@H]1c1ccc(OC(CO)CO)cc1. The van der Waals surface area contributed by atoms with Crippen LogP contribution < -0.4 is 9.47 Å². The van der Waals surface area contributed by atoms with Gasteiger partial charge >= 0.3 is 6.09 Å². The van der Waals surface area contributed by atoms with Crippen molar-refractivity contribution < 1.29 is 24.5 Å². The number of aromatic nitrogens is 1. The zero-order valence-electron chi connectivity index (χ0n) is 19.2. The molecule has 3 N–H and O–H groups in total. The number of hydrogen-bond acceptors (Lipinski definition) is 5. The Morgan fingerprint density at radius 2 is 1.64 bits per heavy atom. The Balaban J connectivity index is 1.52. The van der Waals surface area contributed by atoms with E-state index in [1.165, 1.54) is 0 Å². The van der Waals surface area contributed by atoms with E-state index in [1.807, 2.05) is 30.3 Å². The van der Waals surface area contributed by atoms with E-state index in [4.69, 9.17) is 32.7 Å². The van der Waals surface area contributed by atoms with Crippen molar-refractivity contribution in [2.45, 2.75) is 18.6 Å². The molecule has 0 aliphatic carbocycles. The van der Waals surface area contributed by atoms with Crippen LogP contribution in [0.5, 0.6) is 11.5 Å². The third kappa shape index (κ3) is 4.88. The van der Waals surface area contributed by atoms with E-state index in [0.717, 1.165) is 27.7 Å². The summed E-state index contributed by atoms with van der Waals surface area (Å²) in [5.41, 5.74) is 3.78. The summed E-state index contributed by atoms with van der Waals surface area (Å²) in [6, 6.07) is 19.1. The molecule has 1 atom stereocenters. The van der Waals surface area contributed by atoms with Crippen LogP contribution in [0.3, 0.4) is 0 Å². The number of aromatic amines is 1. The Labute approximate surface area is 217 Å². The number of amides is 1. The minimum Gasteiger partial charge on any atom is -0.486 e. The van der Waals surface area contributed by atoms with Gasteiger partial charge in [-0.15, -0.1) is 0 Å². The lowest BCUT2D eigenvalue weighted by molar-refractivity contribution is 0.0629. The van der Waals surface area contributed by atoms with Crippen molar-refractivity contribution in [1.82, 2.24) is 9.88 Å². The standard InChI is InChI=1S/C27H24Cl2N2O5/c28-17-3-8-20(9-4-17)36-27(34)31-12-11-22-23-13-18(29)5-10-24(23)30-25(22)26(31)16-1-6-19(7-2-16)35-21(14-32)15-33/h1-10,13,21,26,30,32-33H,11-12,14-15H2/t26-/m0/s1. The van der Waals surface area contributed by atoms with Gasteiger partial charge in [-0.2, -0.15) is 0 Å². The van der Waals surface area contributed by atoms with Crippen molar-refractivity contribution in [3.8, 4) is 11.5 Å². The summed E-state index contributed by atoms with van der Waals surface area (Å²) < 4.78 is 11.3. The molecule has 0 saturated heterocycles. The van der Waals surface area contributed by atoms with Crippen molar-refractivity contribution >= 4 is 40.2 Å². The van der Waals surface area contributed by atoms with Gasteiger partial charge in [-0.25, -0.2) is 4.79 Å². The summed E-state index contributed by atoms with van der Waals surface area (Å²) in [5, 5.41) is 20.9. The number of aliphatic hydroxyl groups excluding tert-OH is 2. The molecule has 0 spiro atoms. The van der Waals surface area contributed by atoms with Gasteiger partial charge in [0, 0.05) is 33.2 Å². The topological polar surface area (TPSA) is 95.0 Å². The first-order chi connectivity index (χ1) is 17.5. The maximum absolute atomic E-state index is 13.4. The number of halogens is 2. The van der Waals surface area contributed by atoms with Crippen LogP contribution in [0, 0.1) is 0 Å². The number of rotatable bonds is 6. The number of fused-ring (bicyclic) bond motifs is 3. The zero-order chi connectivity index (χ0) is 25.2. The fourth-order valence-electron chi connectivity index (χ4n) is 4.52. The fourth-order valence-corrected chi connectivity index (χ4v) is 4.82. The predicted molar refractivity (Wildman–Crippen MR) is 138 cm³/mol. The number of nitrogens with zero attached hydrogens (tertiary/aromatic N) is 1. The lowest BCUT2D eigenvalue weighted by atomic mass is 9.92. The van der Waals surface area contributed by atoms with Crippen LogP contribution in [0.2, 0.25) is 10.0 Å². The highest BCUT2D eigenvalue weighted by Crippen LogP contribution is 2.40. The predicted octanol–water partition coefficient (Wildman–Crippen LogP) is 5.35. The van der Waals surface area contributed by atoms with E-state index in [1.54, 1.807) is 41.3 Å². The van der Waals surface area contributed by atoms with Gasteiger partial charge in [0.15, 0.2) is 0 Å². The molecule has 0 fully saturated rings. The molecule has 1 amide bonds. The van der Waals surface area contributed by atoms with Crippen molar-refractivity contribution in [3.05, 3.63) is 93.6 Å². The lowest BCUT2D eigenvalue weighted by Gasteiger charge is -2.35. The molecule has 186 valence electrons. The molecule has 0 radical (unpaired) electrons. The van der Waals surface area contributed by atoms with Gasteiger partial charge in [-0.3, -0.25) is 4.90 Å². The first-order valence-electron chi connectivity index (χ1n) is 11.5. The summed E-state index contributed by atoms with van der Waals surface area (Å²) >= 11 is 12.2. The number of ether oxygens (including phenoxy) is 2. The Hall–Kier alpha value is -3.23. The fraction of sp³-hybridized carbons (Fsp3) is 0.222. The molecule has 5 rings (SSSR count). The highest BCUT2D eigenvalue weighted by molar-refractivity contribution is 6.31. The van der Waals surface area contributed by atoms with Crippen molar-refractivity contribution in [2.24, 2.45) is 0 Å². The van der Waals surface area contributed by atoms with Crippen LogP contribution in [0.25, 0.3) is 10.9 Å². The second-order valence-corrected chi connectivity index (χ2v) is 9.42. The molecule has 36 heavy (non-hydrogen) atoms. The normalized spacial score (nSPS) is 15.2. The number of benzene rings is 3. The second kappa shape index (κ2) is 10.4. The van der Waals surface area contributed by atoms with E-state index in [9.17, 15) is 15.0 Å². The molecule has 1 aromatic heterocycles. The Bertz CT molecular complexity index is 1370. The van der Waals surface area contributed by atoms with Crippen molar-refractivity contribution in [3.63, 3.8) is 0 Å². The van der Waals surface area contributed by atoms with E-state index in [-0.39, 0.29) is 13.2 Å². The van der Waals surface area contributed by atoms with Crippen molar-refractivity contribution in [1.29, 1.82) is 0 Å². The lowest BCUT2D eigenvalue weighted by Crippen LogP contribution is -2.42. The highest BCUT2D eigenvalue weighted by Gasteiger charge is 2.35. The van der Waals surface area contributed by atoms with Crippen LogP contribution in [0.15, 0.2) is 66.7 Å². The molecule has 3 aromatic carbocycles. The van der Waals surface area contributed by atoms with Gasteiger partial charge in [0.2, 0.25) is 0 Å². The molecule has 7 nitrogen and oxygen atoms in total. The molecular formula is C27H24Cl2N2O5. The minimum absolute atomic E-state index is 0.299. The van der Waals surface area contributed by atoms with Gasteiger partial charge in [0.25, 0.3) is 0 Å². The molecular weight excluding hydrogens is 503 g/mol. The average molecular weight is 527 g/mol. The number of carbonyl (C=O) groups excluding carboxylic acids is 1. The smallest absolute Gasteiger partial charge is 0.416 e. The van der Waals surface area contributed by atoms with Gasteiger partial charge in [-0.1, -0.05) is 35.3 Å². The van der Waals surface area contributed by atoms with Crippen molar-refractivity contribution in [2.75, 3.05) is 19.8 Å². The third-order valence-electron chi connectivity index (χ3n) is 6.25. The number of carbonyl (C=O) groups is 1. The molecule has 0 unspecified atom stereocenters. The maximum atomic E-state index is 13.4. The first kappa shape index (κ1) is 24.5. The van der Waals surface area contributed by atoms with Crippen LogP contribution in [0.1, 0.15) is 22.9 Å². The Morgan fingerprint density at radius 3 is 2.33 bits per heavy atom. The molecule has 4 aromatic rings. The quantitative estimate of drug-likeness (QED) is 0.314. The molecule has 0 saturated carbocycles. The summed E-state index contributed by atoms with van der Waals surface area (Å²) in [7, 11) is 0. The van der Waals surface area contributed by atoms with E-state index in [2.05, 4.69) is 4.98 Å². The van der Waals surface area contributed by atoms with E-state index in [0.29, 0.717) is 34.5 Å². The minimum atomic E-state index is -0.707. The molecule has 9 heteroatoms. The van der Waals surface area contributed by atoms with E-state index >= 15 is 0 Å². The summed E-state index contributed by atoms with van der Waals surface area (Å²) in [4.78, 5) is 18.5. The highest BCUT2D eigenvalue weighted by atomic mass is 35.5. The Morgan fingerprint density at radius 1 is 0.972 bits per heavy atom. The van der Waals surface area contributed by atoms with Gasteiger partial charge in [0.05, 0.1) is 13.2 Å². The van der Waals surface area contributed by atoms with Gasteiger partial charge in [-0.05, 0) is 72.1 Å². The van der Waals surface area contributed by atoms with Crippen LogP contribution in [0.4, 0.5) is 4.79 Å². The average Bonchev–Trinajstić information content (AvgIpc) is 3.26. The number of nitrogens with one attached hydrogen (secondary N) is 1. The maximum Gasteiger partial charge on any atom is 0.416 e. The summed E-state index contributed by atoms with van der Waals surface area (Å²) in [6.45, 7) is -0.155. The number of H-pyrrole nitrogens is 1. The Kier molecular flexibility index (Phi) is 7.07. The number of aliphatic hydroxyl groups is 2. The monoisotopic (exact) mass is 526 g/mol. The van der Waals surface area contributed by atoms with Crippen LogP contribution in [-0.2, 0) is 6.42 Å². The number of hydrogen-bond donors (Lipinski definition) is 3. The first-order valence-corrected chi connectivity index (χ1v) is 12.2. The zero-order valence-corrected chi connectivity index (χ0v) is 20.7. The van der Waals surface area contributed by atoms with E-state index < -0.39 is 18.2 Å². The van der Waals surface area contributed by atoms with Gasteiger partial charge in [0.1, 0.15) is 23.6 Å². The second-order valence-electron chi connectivity index (χ2n) is 8.55. The molecule has 0 bridgehead atoms. The summed E-state index contributed by atoms with van der Waals surface area (Å²) in [6.07, 6.45) is -0.551. The van der Waals surface area contributed by atoms with Crippen LogP contribution in [-0.4, -0.2) is 52.1 Å². The van der Waals surface area contributed by atoms with Crippen LogP contribution >= 0.6 is 23.2 Å². The largest absolute Gasteiger partial charge is 0.486 e. The third-order valence-corrected chi connectivity index (χ3v) is 6.74. The molecule has 1 aliphatic heterocycles. The molecule has 1 aliphatic rings. The summed E-state index contributed by atoms with van der Waals surface area (Å²) in [5.74, 6) is 0.904. The molecule has 2 heterocycles.